The molecule has 3 aromatic rings. The van der Waals surface area contributed by atoms with Crippen LogP contribution in [0.1, 0.15) is 36.6 Å². The highest BCUT2D eigenvalue weighted by Gasteiger charge is 2.34. The van der Waals surface area contributed by atoms with Crippen LogP contribution in [0, 0.1) is 6.92 Å². The van der Waals surface area contributed by atoms with Crippen molar-refractivity contribution in [1.82, 2.24) is 4.98 Å². The normalized spacial score (nSPS) is 16.8. The molecule has 1 aliphatic heterocycles. The number of carbonyl (C=O) groups is 1. The second-order valence-electron chi connectivity index (χ2n) is 7.44. The molecule has 0 bridgehead atoms. The van der Waals surface area contributed by atoms with Crippen molar-refractivity contribution in [3.63, 3.8) is 0 Å². The summed E-state index contributed by atoms with van der Waals surface area (Å²) in [7, 11) is 0. The Labute approximate surface area is 181 Å². The van der Waals surface area contributed by atoms with E-state index in [1.54, 1.807) is 4.90 Å². The number of hydrogen-bond donors (Lipinski definition) is 0. The number of aliphatic imine (C=N–C) groups is 1. The third-order valence-electron chi connectivity index (χ3n) is 4.81. The molecule has 0 saturated carbocycles. The maximum atomic E-state index is 13.3. The van der Waals surface area contributed by atoms with Crippen molar-refractivity contribution in [3.8, 4) is 0 Å². The first-order chi connectivity index (χ1) is 14.5. The smallest absolute Gasteiger partial charge is 0.268 e. The number of amides is 1. The Balaban J connectivity index is 1.73. The standard InChI is InChI=1S/C25H23N3OS/c1-17(2)20-14-12-19(13-15-20)16-22-24(29)28(21-9-5-4-6-10-21)25(30-22)27-23-11-7-8-18(3)26-23/h4-17H,1-3H3/b22-16-,27-25+. The van der Waals surface area contributed by atoms with Crippen LogP contribution in [-0.2, 0) is 4.79 Å². The molecule has 0 N–H and O–H groups in total. The van der Waals surface area contributed by atoms with Gasteiger partial charge in [-0.25, -0.2) is 9.98 Å². The molecule has 0 aliphatic carbocycles. The molecule has 0 spiro atoms. The van der Waals surface area contributed by atoms with Crippen molar-refractivity contribution in [2.75, 3.05) is 4.90 Å². The number of para-hydroxylation sites is 1. The third kappa shape index (κ3) is 4.36. The summed E-state index contributed by atoms with van der Waals surface area (Å²) in [5.41, 5.74) is 3.96. The minimum atomic E-state index is -0.0782. The molecule has 0 atom stereocenters. The molecule has 1 aromatic heterocycles. The second-order valence-corrected chi connectivity index (χ2v) is 8.45. The number of carbonyl (C=O) groups excluding carboxylic acids is 1. The number of pyridine rings is 1. The van der Waals surface area contributed by atoms with Gasteiger partial charge in [-0.1, -0.05) is 62.4 Å². The van der Waals surface area contributed by atoms with Gasteiger partial charge in [0, 0.05) is 5.69 Å². The van der Waals surface area contributed by atoms with Gasteiger partial charge in [0.2, 0.25) is 0 Å². The van der Waals surface area contributed by atoms with E-state index in [2.05, 4.69) is 48.1 Å². The van der Waals surface area contributed by atoms with Gasteiger partial charge in [0.1, 0.15) is 0 Å². The highest BCUT2D eigenvalue weighted by molar-refractivity contribution is 8.19. The molecule has 1 amide bonds. The molecule has 2 aromatic carbocycles. The van der Waals surface area contributed by atoms with E-state index in [4.69, 9.17) is 0 Å². The van der Waals surface area contributed by atoms with Gasteiger partial charge in [0.25, 0.3) is 5.91 Å². The maximum Gasteiger partial charge on any atom is 0.271 e. The predicted molar refractivity (Wildman–Crippen MR) is 126 cm³/mol. The van der Waals surface area contributed by atoms with Crippen LogP contribution in [0.15, 0.2) is 82.7 Å². The van der Waals surface area contributed by atoms with Crippen LogP contribution >= 0.6 is 11.8 Å². The largest absolute Gasteiger partial charge is 0.271 e. The minimum absolute atomic E-state index is 0.0782. The van der Waals surface area contributed by atoms with Crippen LogP contribution in [0.2, 0.25) is 0 Å². The summed E-state index contributed by atoms with van der Waals surface area (Å²) >= 11 is 1.38. The summed E-state index contributed by atoms with van der Waals surface area (Å²) in [6, 6.07) is 23.6. The zero-order valence-electron chi connectivity index (χ0n) is 17.2. The molecule has 1 aliphatic rings. The van der Waals surface area contributed by atoms with Crippen LogP contribution in [0.4, 0.5) is 11.5 Å². The first-order valence-electron chi connectivity index (χ1n) is 9.92. The Kier molecular flexibility index (Phi) is 5.81. The first-order valence-corrected chi connectivity index (χ1v) is 10.7. The lowest BCUT2D eigenvalue weighted by atomic mass is 10.0. The van der Waals surface area contributed by atoms with E-state index in [0.717, 1.165) is 16.9 Å². The number of nitrogens with zero attached hydrogens (tertiary/aromatic N) is 3. The highest BCUT2D eigenvalue weighted by Crippen LogP contribution is 2.37. The fourth-order valence-corrected chi connectivity index (χ4v) is 4.16. The van der Waals surface area contributed by atoms with Gasteiger partial charge in [-0.15, -0.1) is 0 Å². The van der Waals surface area contributed by atoms with Crippen LogP contribution < -0.4 is 4.90 Å². The lowest BCUT2D eigenvalue weighted by Gasteiger charge is -2.15. The van der Waals surface area contributed by atoms with Crippen LogP contribution in [0.5, 0.6) is 0 Å². The van der Waals surface area contributed by atoms with Crippen molar-refractivity contribution in [3.05, 3.63) is 94.5 Å². The molecular weight excluding hydrogens is 390 g/mol. The zero-order chi connectivity index (χ0) is 21.1. The minimum Gasteiger partial charge on any atom is -0.268 e. The Bertz CT molecular complexity index is 1120. The summed E-state index contributed by atoms with van der Waals surface area (Å²) in [6.45, 7) is 6.27. The van der Waals surface area contributed by atoms with Crippen molar-refractivity contribution < 1.29 is 4.79 Å². The van der Waals surface area contributed by atoms with E-state index in [1.807, 2.05) is 61.5 Å². The van der Waals surface area contributed by atoms with Crippen LogP contribution in [0.25, 0.3) is 6.08 Å². The number of amidine groups is 1. The summed E-state index contributed by atoms with van der Waals surface area (Å²) in [5.74, 6) is 0.989. The maximum absolute atomic E-state index is 13.3. The summed E-state index contributed by atoms with van der Waals surface area (Å²) in [5, 5.41) is 0.606. The van der Waals surface area contributed by atoms with Crippen LogP contribution in [0.3, 0.4) is 0 Å². The van der Waals surface area contributed by atoms with Crippen molar-refractivity contribution >= 4 is 40.4 Å². The van der Waals surface area contributed by atoms with E-state index in [-0.39, 0.29) is 5.91 Å². The molecule has 1 fully saturated rings. The Morgan fingerprint density at radius 2 is 1.70 bits per heavy atom. The zero-order valence-corrected chi connectivity index (χ0v) is 18.1. The van der Waals surface area contributed by atoms with Crippen molar-refractivity contribution in [2.45, 2.75) is 26.7 Å². The van der Waals surface area contributed by atoms with Gasteiger partial charge < -0.3 is 0 Å². The first kappa shape index (κ1) is 20.1. The van der Waals surface area contributed by atoms with E-state index in [0.29, 0.717) is 21.8 Å². The number of anilines is 1. The topological polar surface area (TPSA) is 45.6 Å². The number of benzene rings is 2. The van der Waals surface area contributed by atoms with Gasteiger partial charge in [-0.3, -0.25) is 9.69 Å². The predicted octanol–water partition coefficient (Wildman–Crippen LogP) is 6.32. The van der Waals surface area contributed by atoms with E-state index >= 15 is 0 Å². The van der Waals surface area contributed by atoms with Crippen molar-refractivity contribution in [2.24, 2.45) is 4.99 Å². The van der Waals surface area contributed by atoms with Gasteiger partial charge in [0.15, 0.2) is 11.0 Å². The summed E-state index contributed by atoms with van der Waals surface area (Å²) < 4.78 is 0. The Morgan fingerprint density at radius 1 is 0.967 bits per heavy atom. The molecule has 4 rings (SSSR count). The Morgan fingerprint density at radius 3 is 2.37 bits per heavy atom. The average Bonchev–Trinajstić information content (AvgIpc) is 3.03. The summed E-state index contributed by atoms with van der Waals surface area (Å²) in [4.78, 5) is 24.7. The van der Waals surface area contributed by atoms with Gasteiger partial charge in [-0.05, 0) is 66.1 Å². The molecule has 0 radical (unpaired) electrons. The lowest BCUT2D eigenvalue weighted by Crippen LogP contribution is -2.28. The van der Waals surface area contributed by atoms with Crippen LogP contribution in [-0.4, -0.2) is 16.1 Å². The number of aromatic nitrogens is 1. The molecule has 5 heteroatoms. The number of hydrogen-bond acceptors (Lipinski definition) is 4. The van der Waals surface area contributed by atoms with E-state index in [1.165, 1.54) is 17.3 Å². The molecule has 4 nitrogen and oxygen atoms in total. The van der Waals surface area contributed by atoms with Crippen molar-refractivity contribution in [1.29, 1.82) is 0 Å². The SMILES string of the molecule is Cc1cccc(/N=C2/S/C(=C\c3ccc(C(C)C)cc3)C(=O)N2c2ccccc2)n1. The molecule has 2 heterocycles. The molecule has 0 unspecified atom stereocenters. The fraction of sp³-hybridized carbons (Fsp3) is 0.160. The van der Waals surface area contributed by atoms with Gasteiger partial charge in [0.05, 0.1) is 10.6 Å². The molecule has 1 saturated heterocycles. The van der Waals surface area contributed by atoms with E-state index in [9.17, 15) is 4.79 Å². The molecule has 150 valence electrons. The fourth-order valence-electron chi connectivity index (χ4n) is 3.17. The quantitative estimate of drug-likeness (QED) is 0.470. The number of rotatable bonds is 4. The van der Waals surface area contributed by atoms with E-state index < -0.39 is 0 Å². The lowest BCUT2D eigenvalue weighted by molar-refractivity contribution is -0.113. The monoisotopic (exact) mass is 413 g/mol. The number of thioether (sulfide) groups is 1. The van der Waals surface area contributed by atoms with Gasteiger partial charge in [-0.2, -0.15) is 0 Å². The highest BCUT2D eigenvalue weighted by atomic mass is 32.2. The molecular formula is C25H23N3OS. The Hall–Kier alpha value is -3.18. The summed E-state index contributed by atoms with van der Waals surface area (Å²) in [6.07, 6.45) is 1.93. The average molecular weight is 414 g/mol. The number of aryl methyl sites for hydroxylation is 1. The van der Waals surface area contributed by atoms with Gasteiger partial charge >= 0.3 is 0 Å². The molecule has 30 heavy (non-hydrogen) atoms. The third-order valence-corrected chi connectivity index (χ3v) is 5.77. The second kappa shape index (κ2) is 8.67.